The van der Waals surface area contributed by atoms with Gasteiger partial charge in [-0.05, 0) is 19.1 Å². The maximum atomic E-state index is 11.0. The topological polar surface area (TPSA) is 120 Å². The van der Waals surface area contributed by atoms with Crippen molar-refractivity contribution in [2.75, 3.05) is 11.1 Å². The largest absolute Gasteiger partial charge is 0.396 e. The van der Waals surface area contributed by atoms with E-state index in [4.69, 9.17) is 16.0 Å². The summed E-state index contributed by atoms with van der Waals surface area (Å²) in [7, 11) is 0. The molecule has 1 amide bonds. The predicted octanol–water partition coefficient (Wildman–Crippen LogP) is 0.671. The van der Waals surface area contributed by atoms with E-state index in [0.717, 1.165) is 5.69 Å². The van der Waals surface area contributed by atoms with Crippen molar-refractivity contribution in [3.05, 3.63) is 35.3 Å². The van der Waals surface area contributed by atoms with Crippen LogP contribution in [0.25, 0.3) is 0 Å². The summed E-state index contributed by atoms with van der Waals surface area (Å²) >= 11 is 0. The number of aromatic nitrogens is 2. The Labute approximate surface area is 103 Å². The zero-order valence-electron chi connectivity index (χ0n) is 9.80. The summed E-state index contributed by atoms with van der Waals surface area (Å²) in [6.45, 7) is 2.20. The smallest absolute Gasteiger partial charge is 0.267 e. The number of pyridine rings is 1. The van der Waals surface area contributed by atoms with Crippen molar-refractivity contribution < 1.29 is 9.32 Å². The predicted molar refractivity (Wildman–Crippen MR) is 65.7 cm³/mol. The van der Waals surface area contributed by atoms with Crippen LogP contribution < -0.4 is 16.8 Å². The minimum absolute atomic E-state index is 0.153. The maximum absolute atomic E-state index is 11.0. The molecule has 0 radical (unpaired) electrons. The number of hydrogen-bond donors (Lipinski definition) is 3. The van der Waals surface area contributed by atoms with E-state index in [0.29, 0.717) is 23.8 Å². The molecule has 2 rings (SSSR count). The lowest BCUT2D eigenvalue weighted by atomic mass is 10.3. The van der Waals surface area contributed by atoms with E-state index >= 15 is 0 Å². The van der Waals surface area contributed by atoms with Crippen LogP contribution in [0.2, 0.25) is 0 Å². The van der Waals surface area contributed by atoms with Gasteiger partial charge < -0.3 is 21.3 Å². The molecular formula is C11H13N5O2. The molecule has 2 heterocycles. The van der Waals surface area contributed by atoms with Crippen LogP contribution in [0.15, 0.2) is 22.7 Å². The Morgan fingerprint density at radius 3 is 2.89 bits per heavy atom. The van der Waals surface area contributed by atoms with Crippen LogP contribution in [0.3, 0.4) is 0 Å². The van der Waals surface area contributed by atoms with Gasteiger partial charge >= 0.3 is 0 Å². The number of rotatable bonds is 4. The lowest BCUT2D eigenvalue weighted by Crippen LogP contribution is -2.15. The number of carbonyl (C=O) groups excluding carboxylic acids is 1. The third-order valence-corrected chi connectivity index (χ3v) is 2.29. The molecule has 0 aromatic carbocycles. The third-order valence-electron chi connectivity index (χ3n) is 2.29. The van der Waals surface area contributed by atoms with Crippen LogP contribution in [0.5, 0.6) is 0 Å². The average Bonchev–Trinajstić information content (AvgIpc) is 2.74. The summed E-state index contributed by atoms with van der Waals surface area (Å²) in [5.41, 5.74) is 12.3. The van der Waals surface area contributed by atoms with Crippen LogP contribution in [0.4, 0.5) is 11.5 Å². The van der Waals surface area contributed by atoms with Crippen molar-refractivity contribution in [3.63, 3.8) is 0 Å². The van der Waals surface area contributed by atoms with Crippen LogP contribution in [0.1, 0.15) is 21.9 Å². The second-order valence-corrected chi connectivity index (χ2v) is 3.79. The molecule has 2 aromatic heterocycles. The summed E-state index contributed by atoms with van der Waals surface area (Å²) in [5, 5.41) is 6.72. The highest BCUT2D eigenvalue weighted by atomic mass is 16.5. The van der Waals surface area contributed by atoms with Gasteiger partial charge in [0.2, 0.25) is 0 Å². The lowest BCUT2D eigenvalue weighted by Gasteiger charge is -2.07. The first-order valence-corrected chi connectivity index (χ1v) is 5.28. The number of nitrogens with zero attached hydrogens (tertiary/aromatic N) is 2. The second kappa shape index (κ2) is 4.74. The fourth-order valence-corrected chi connectivity index (χ4v) is 1.42. The Hall–Kier alpha value is -2.57. The van der Waals surface area contributed by atoms with E-state index in [-0.39, 0.29) is 5.69 Å². The highest BCUT2D eigenvalue weighted by molar-refractivity contribution is 5.91. The van der Waals surface area contributed by atoms with Gasteiger partial charge in [0, 0.05) is 6.07 Å². The molecular weight excluding hydrogens is 234 g/mol. The summed E-state index contributed by atoms with van der Waals surface area (Å²) in [4.78, 5) is 15.0. The van der Waals surface area contributed by atoms with Gasteiger partial charge in [-0.3, -0.25) is 4.79 Å². The minimum Gasteiger partial charge on any atom is -0.396 e. The lowest BCUT2D eigenvalue weighted by molar-refractivity contribution is 0.0996. The average molecular weight is 247 g/mol. The van der Waals surface area contributed by atoms with E-state index in [1.807, 2.05) is 6.92 Å². The van der Waals surface area contributed by atoms with Crippen molar-refractivity contribution >= 4 is 17.4 Å². The highest BCUT2D eigenvalue weighted by Crippen LogP contribution is 2.16. The van der Waals surface area contributed by atoms with Crippen molar-refractivity contribution in [2.45, 2.75) is 13.5 Å². The van der Waals surface area contributed by atoms with Crippen molar-refractivity contribution in [3.8, 4) is 0 Å². The summed E-state index contributed by atoms with van der Waals surface area (Å²) in [5.74, 6) is 0.437. The molecule has 0 spiro atoms. The first kappa shape index (κ1) is 11.9. The number of amides is 1. The molecule has 7 heteroatoms. The van der Waals surface area contributed by atoms with Gasteiger partial charge in [0.05, 0.1) is 17.9 Å². The van der Waals surface area contributed by atoms with Crippen LogP contribution in [-0.4, -0.2) is 16.0 Å². The zero-order valence-corrected chi connectivity index (χ0v) is 9.80. The number of carbonyl (C=O) groups is 1. The van der Waals surface area contributed by atoms with Gasteiger partial charge in [-0.25, -0.2) is 4.98 Å². The zero-order chi connectivity index (χ0) is 13.1. The quantitative estimate of drug-likeness (QED) is 0.730. The molecule has 2 aromatic rings. The van der Waals surface area contributed by atoms with E-state index < -0.39 is 5.91 Å². The molecule has 0 fully saturated rings. The molecule has 0 saturated heterocycles. The Bertz CT molecular complexity index is 579. The highest BCUT2D eigenvalue weighted by Gasteiger charge is 2.08. The Balaban J connectivity index is 2.13. The van der Waals surface area contributed by atoms with E-state index in [1.54, 1.807) is 12.1 Å². The van der Waals surface area contributed by atoms with Gasteiger partial charge in [0.15, 0.2) is 11.6 Å². The first-order chi connectivity index (χ1) is 8.56. The van der Waals surface area contributed by atoms with Crippen LogP contribution in [-0.2, 0) is 6.54 Å². The van der Waals surface area contributed by atoms with Gasteiger partial charge in [-0.1, -0.05) is 5.16 Å². The molecule has 5 N–H and O–H groups in total. The molecule has 0 unspecified atom stereocenters. The molecule has 0 aliphatic carbocycles. The number of aryl methyl sites for hydroxylation is 1. The number of nitrogen functional groups attached to an aromatic ring is 1. The molecule has 94 valence electrons. The molecule has 0 saturated carbocycles. The number of hydrogen-bond acceptors (Lipinski definition) is 6. The molecule has 7 nitrogen and oxygen atoms in total. The minimum atomic E-state index is -0.603. The summed E-state index contributed by atoms with van der Waals surface area (Å²) in [6.07, 6.45) is 0. The fourth-order valence-electron chi connectivity index (χ4n) is 1.42. The second-order valence-electron chi connectivity index (χ2n) is 3.79. The van der Waals surface area contributed by atoms with Crippen LogP contribution >= 0.6 is 0 Å². The van der Waals surface area contributed by atoms with Crippen LogP contribution in [0, 0.1) is 6.92 Å². The van der Waals surface area contributed by atoms with Crippen molar-refractivity contribution in [1.82, 2.24) is 10.1 Å². The Morgan fingerprint density at radius 2 is 2.28 bits per heavy atom. The summed E-state index contributed by atoms with van der Waals surface area (Å²) in [6, 6.07) is 4.84. The molecule has 0 bridgehead atoms. The SMILES string of the molecule is Cc1cc(CNc2nc(C(N)=O)ccc2N)on1. The summed E-state index contributed by atoms with van der Waals surface area (Å²) < 4.78 is 5.03. The molecule has 0 atom stereocenters. The first-order valence-electron chi connectivity index (χ1n) is 5.28. The maximum Gasteiger partial charge on any atom is 0.267 e. The van der Waals surface area contributed by atoms with E-state index in [1.165, 1.54) is 6.07 Å². The Kier molecular flexibility index (Phi) is 3.13. The van der Waals surface area contributed by atoms with Gasteiger partial charge in [0.25, 0.3) is 5.91 Å². The normalized spacial score (nSPS) is 10.3. The number of nitrogens with one attached hydrogen (secondary N) is 1. The standard InChI is InChI=1S/C11H13N5O2/c1-6-4-7(18-16-6)5-14-11-8(12)2-3-9(15-11)10(13)17/h2-4H,5,12H2,1H3,(H2,13,17)(H,14,15). The number of primary amides is 1. The third kappa shape index (κ3) is 2.57. The molecule has 0 aliphatic heterocycles. The number of anilines is 2. The van der Waals surface area contributed by atoms with Crippen molar-refractivity contribution in [1.29, 1.82) is 0 Å². The van der Waals surface area contributed by atoms with E-state index in [2.05, 4.69) is 15.5 Å². The monoisotopic (exact) mass is 247 g/mol. The van der Waals surface area contributed by atoms with Crippen molar-refractivity contribution in [2.24, 2.45) is 5.73 Å². The van der Waals surface area contributed by atoms with Gasteiger partial charge in [0.1, 0.15) is 5.69 Å². The van der Waals surface area contributed by atoms with Gasteiger partial charge in [-0.15, -0.1) is 0 Å². The van der Waals surface area contributed by atoms with E-state index in [9.17, 15) is 4.79 Å². The molecule has 18 heavy (non-hydrogen) atoms. The fraction of sp³-hybridized carbons (Fsp3) is 0.182. The molecule has 0 aliphatic rings. The number of nitrogens with two attached hydrogens (primary N) is 2. The van der Waals surface area contributed by atoms with Gasteiger partial charge in [-0.2, -0.15) is 0 Å². The Morgan fingerprint density at radius 1 is 1.50 bits per heavy atom.